The molecule has 0 aromatic rings. The average molecular weight is 177 g/mol. The first-order chi connectivity index (χ1) is 6.43. The van der Waals surface area contributed by atoms with Crippen molar-refractivity contribution in [3.05, 3.63) is 12.2 Å². The maximum atomic E-state index is 4.71. The molecule has 70 valence electrons. The summed E-state index contributed by atoms with van der Waals surface area (Å²) in [5, 5.41) is 3.35. The maximum Gasteiger partial charge on any atom is 0.123 e. The largest absolute Gasteiger partial charge is 0.354 e. The third-order valence-electron chi connectivity index (χ3n) is 3.04. The van der Waals surface area contributed by atoms with Crippen molar-refractivity contribution in [3.8, 4) is 0 Å². The van der Waals surface area contributed by atoms with E-state index in [1.165, 1.54) is 12.3 Å². The van der Waals surface area contributed by atoms with Crippen LogP contribution in [0.25, 0.3) is 0 Å². The van der Waals surface area contributed by atoms with Gasteiger partial charge in [-0.15, -0.1) is 0 Å². The Labute approximate surface area is 78.5 Å². The Morgan fingerprint density at radius 2 is 2.23 bits per heavy atom. The fourth-order valence-electron chi connectivity index (χ4n) is 2.06. The molecule has 1 saturated carbocycles. The molecule has 1 aliphatic carbocycles. The van der Waals surface area contributed by atoms with Crippen molar-refractivity contribution >= 4 is 5.84 Å². The van der Waals surface area contributed by atoms with Gasteiger partial charge in [0.2, 0.25) is 0 Å². The third-order valence-corrected chi connectivity index (χ3v) is 3.04. The summed E-state index contributed by atoms with van der Waals surface area (Å²) in [7, 11) is 0. The Balaban J connectivity index is 1.73. The first kappa shape index (κ1) is 7.56. The van der Waals surface area contributed by atoms with Gasteiger partial charge in [-0.1, -0.05) is 6.08 Å². The smallest absolute Gasteiger partial charge is 0.123 e. The molecule has 0 aromatic carbocycles. The van der Waals surface area contributed by atoms with Crippen molar-refractivity contribution < 1.29 is 0 Å². The molecular formula is C10H15N3. The third kappa shape index (κ3) is 1.37. The molecule has 2 heterocycles. The van der Waals surface area contributed by atoms with Crippen molar-refractivity contribution in [1.29, 1.82) is 0 Å². The van der Waals surface area contributed by atoms with Crippen LogP contribution in [-0.4, -0.2) is 43.0 Å². The van der Waals surface area contributed by atoms with E-state index in [4.69, 9.17) is 4.99 Å². The number of dihydropyridines is 1. The molecule has 0 bridgehead atoms. The molecule has 0 amide bonds. The van der Waals surface area contributed by atoms with E-state index in [1.54, 1.807) is 0 Å². The molecule has 1 saturated heterocycles. The summed E-state index contributed by atoms with van der Waals surface area (Å²) in [5.74, 6) is 2.01. The van der Waals surface area contributed by atoms with Gasteiger partial charge >= 0.3 is 0 Å². The fraction of sp³-hybridized carbons (Fsp3) is 0.700. The minimum atomic E-state index is 0.634. The second-order valence-corrected chi connectivity index (χ2v) is 4.05. The van der Waals surface area contributed by atoms with Crippen LogP contribution in [0.4, 0.5) is 0 Å². The monoisotopic (exact) mass is 177 g/mol. The number of hydrogen-bond acceptors (Lipinski definition) is 3. The number of rotatable bonds is 0. The first-order valence-electron chi connectivity index (χ1n) is 5.15. The Hall–Kier alpha value is -0.830. The van der Waals surface area contributed by atoms with Gasteiger partial charge in [0.05, 0.1) is 6.04 Å². The van der Waals surface area contributed by atoms with Gasteiger partial charge in [0.25, 0.3) is 0 Å². The molecule has 3 rings (SSSR count). The van der Waals surface area contributed by atoms with E-state index in [-0.39, 0.29) is 0 Å². The first-order valence-corrected chi connectivity index (χ1v) is 5.15. The van der Waals surface area contributed by atoms with E-state index in [9.17, 15) is 0 Å². The number of aliphatic imine (C=N–C) groups is 1. The van der Waals surface area contributed by atoms with Gasteiger partial charge in [0.1, 0.15) is 5.84 Å². The highest BCUT2D eigenvalue weighted by Gasteiger charge is 2.37. The Morgan fingerprint density at radius 3 is 3.00 bits per heavy atom. The highest BCUT2D eigenvalue weighted by molar-refractivity contribution is 5.94. The molecule has 2 fully saturated rings. The van der Waals surface area contributed by atoms with Gasteiger partial charge in [-0.2, -0.15) is 0 Å². The van der Waals surface area contributed by atoms with E-state index >= 15 is 0 Å². The van der Waals surface area contributed by atoms with E-state index in [0.717, 1.165) is 32.1 Å². The normalized spacial score (nSPS) is 36.9. The topological polar surface area (TPSA) is 27.6 Å². The van der Waals surface area contributed by atoms with Crippen LogP contribution in [0.5, 0.6) is 0 Å². The summed E-state index contributed by atoms with van der Waals surface area (Å²) in [5.41, 5.74) is 0. The van der Waals surface area contributed by atoms with Gasteiger partial charge < -0.3 is 10.2 Å². The van der Waals surface area contributed by atoms with Crippen LogP contribution in [0.15, 0.2) is 17.1 Å². The van der Waals surface area contributed by atoms with Gasteiger partial charge in [-0.3, -0.25) is 4.99 Å². The second-order valence-electron chi connectivity index (χ2n) is 4.05. The zero-order chi connectivity index (χ0) is 8.67. The van der Waals surface area contributed by atoms with Crippen molar-refractivity contribution in [1.82, 2.24) is 10.2 Å². The summed E-state index contributed by atoms with van der Waals surface area (Å²) in [6.07, 6.45) is 5.82. The summed E-state index contributed by atoms with van der Waals surface area (Å²) in [6.45, 7) is 4.42. The zero-order valence-corrected chi connectivity index (χ0v) is 7.74. The lowest BCUT2D eigenvalue weighted by Crippen LogP contribution is -2.46. The van der Waals surface area contributed by atoms with Gasteiger partial charge in [0, 0.05) is 32.1 Å². The van der Waals surface area contributed by atoms with Gasteiger partial charge in [-0.05, 0) is 12.5 Å². The molecule has 2 unspecified atom stereocenters. The molecule has 3 nitrogen and oxygen atoms in total. The van der Waals surface area contributed by atoms with E-state index in [1.807, 2.05) is 0 Å². The van der Waals surface area contributed by atoms with E-state index in [2.05, 4.69) is 22.4 Å². The lowest BCUT2D eigenvalue weighted by molar-refractivity contribution is 0.357. The summed E-state index contributed by atoms with van der Waals surface area (Å²) in [6, 6.07) is 0.634. The predicted molar refractivity (Wildman–Crippen MR) is 52.9 cm³/mol. The number of nitrogens with one attached hydrogen (secondary N) is 1. The molecule has 0 aromatic heterocycles. The van der Waals surface area contributed by atoms with E-state index in [0.29, 0.717) is 6.04 Å². The second kappa shape index (κ2) is 2.84. The van der Waals surface area contributed by atoms with Crippen LogP contribution in [0.3, 0.4) is 0 Å². The molecule has 0 radical (unpaired) electrons. The predicted octanol–water partition coefficient (Wildman–Crippen LogP) is 0.248. The van der Waals surface area contributed by atoms with Crippen LogP contribution < -0.4 is 5.32 Å². The summed E-state index contributed by atoms with van der Waals surface area (Å²) in [4.78, 5) is 7.10. The van der Waals surface area contributed by atoms with Crippen LogP contribution in [-0.2, 0) is 0 Å². The fourth-order valence-corrected chi connectivity index (χ4v) is 2.06. The molecule has 1 N–H and O–H groups in total. The molecule has 0 spiro atoms. The molecule has 13 heavy (non-hydrogen) atoms. The quantitative estimate of drug-likeness (QED) is 0.574. The Kier molecular flexibility index (Phi) is 1.65. The standard InChI is InChI=1S/C10H15N3/c1-2-10(12-9-7-8(1)9)13-5-3-11-4-6-13/h1-2,8-9,11H,3-7H2. The number of piperazine rings is 1. The van der Waals surface area contributed by atoms with E-state index < -0.39 is 0 Å². The summed E-state index contributed by atoms with van der Waals surface area (Å²) < 4.78 is 0. The number of fused-ring (bicyclic) bond motifs is 1. The molecule has 3 aliphatic rings. The number of amidine groups is 1. The van der Waals surface area contributed by atoms with Crippen LogP contribution in [0.1, 0.15) is 6.42 Å². The van der Waals surface area contributed by atoms with Crippen molar-refractivity contribution in [2.45, 2.75) is 12.5 Å². The average Bonchev–Trinajstić information content (AvgIpc) is 2.96. The highest BCUT2D eigenvalue weighted by Crippen LogP contribution is 2.37. The number of hydrogen-bond donors (Lipinski definition) is 1. The van der Waals surface area contributed by atoms with Crippen molar-refractivity contribution in [2.75, 3.05) is 26.2 Å². The minimum Gasteiger partial charge on any atom is -0.354 e. The van der Waals surface area contributed by atoms with Crippen LogP contribution in [0, 0.1) is 5.92 Å². The van der Waals surface area contributed by atoms with Crippen molar-refractivity contribution in [3.63, 3.8) is 0 Å². The Bertz CT molecular complexity index is 263. The lowest BCUT2D eigenvalue weighted by Gasteiger charge is -2.29. The van der Waals surface area contributed by atoms with Gasteiger partial charge in [-0.25, -0.2) is 0 Å². The van der Waals surface area contributed by atoms with Gasteiger partial charge in [0.15, 0.2) is 0 Å². The SMILES string of the molecule is C1=CC2CC2N=C1N1CCNCC1. The highest BCUT2D eigenvalue weighted by atomic mass is 15.2. The number of nitrogens with zero attached hydrogens (tertiary/aromatic N) is 2. The molecule has 2 atom stereocenters. The molecule has 2 aliphatic heterocycles. The van der Waals surface area contributed by atoms with Crippen molar-refractivity contribution in [2.24, 2.45) is 10.9 Å². The zero-order valence-electron chi connectivity index (χ0n) is 7.74. The van der Waals surface area contributed by atoms with Crippen LogP contribution >= 0.6 is 0 Å². The Morgan fingerprint density at radius 1 is 1.38 bits per heavy atom. The lowest BCUT2D eigenvalue weighted by atomic mass is 10.2. The summed E-state index contributed by atoms with van der Waals surface area (Å²) >= 11 is 0. The molecule has 3 heteroatoms. The minimum absolute atomic E-state index is 0.634. The van der Waals surface area contributed by atoms with Crippen LogP contribution in [0.2, 0.25) is 0 Å². The molecular weight excluding hydrogens is 162 g/mol. The maximum absolute atomic E-state index is 4.71.